The van der Waals surface area contributed by atoms with E-state index in [1.54, 1.807) is 0 Å². The van der Waals surface area contributed by atoms with E-state index in [1.807, 2.05) is 0 Å². The zero-order chi connectivity index (χ0) is 15.7. The molecule has 0 radical (unpaired) electrons. The SMILES string of the molecule is O=S(=O)(Nc1cccc(F)c1)c1cc2c(cc1Br)OCCO2. The highest BCUT2D eigenvalue weighted by Gasteiger charge is 2.23. The molecule has 0 spiro atoms. The summed E-state index contributed by atoms with van der Waals surface area (Å²) in [5, 5.41) is 0. The number of sulfonamides is 1. The number of anilines is 1. The van der Waals surface area contributed by atoms with Crippen LogP contribution in [0.2, 0.25) is 0 Å². The summed E-state index contributed by atoms with van der Waals surface area (Å²) in [7, 11) is -3.89. The van der Waals surface area contributed by atoms with Crippen molar-refractivity contribution < 1.29 is 22.3 Å². The standard InChI is InChI=1S/C14H11BrFNO4S/c15-11-7-12-13(21-5-4-20-12)8-14(11)22(18,19)17-10-3-1-2-9(16)6-10/h1-3,6-8,17H,4-5H2. The molecule has 3 rings (SSSR count). The summed E-state index contributed by atoms with van der Waals surface area (Å²) in [4.78, 5) is -0.0130. The fourth-order valence-electron chi connectivity index (χ4n) is 2.01. The Balaban J connectivity index is 1.98. The molecule has 1 N–H and O–H groups in total. The molecule has 0 amide bonds. The third-order valence-electron chi connectivity index (χ3n) is 2.96. The van der Waals surface area contributed by atoms with Crippen molar-refractivity contribution in [2.75, 3.05) is 17.9 Å². The Hall–Kier alpha value is -1.80. The van der Waals surface area contributed by atoms with Crippen LogP contribution in [-0.2, 0) is 10.0 Å². The second kappa shape index (κ2) is 5.77. The van der Waals surface area contributed by atoms with Crippen LogP contribution in [0.25, 0.3) is 0 Å². The van der Waals surface area contributed by atoms with Crippen molar-refractivity contribution >= 4 is 31.6 Å². The lowest BCUT2D eigenvalue weighted by molar-refractivity contribution is 0.171. The lowest BCUT2D eigenvalue weighted by Gasteiger charge is -2.20. The highest BCUT2D eigenvalue weighted by atomic mass is 79.9. The van der Waals surface area contributed by atoms with Crippen LogP contribution in [0.1, 0.15) is 0 Å². The lowest BCUT2D eigenvalue weighted by Crippen LogP contribution is -2.18. The first-order valence-electron chi connectivity index (χ1n) is 6.33. The number of ether oxygens (including phenoxy) is 2. The molecule has 1 heterocycles. The number of rotatable bonds is 3. The second-order valence-electron chi connectivity index (χ2n) is 4.54. The molecule has 116 valence electrons. The number of benzene rings is 2. The molecular formula is C14H11BrFNO4S. The molecule has 2 aromatic rings. The first kappa shape index (κ1) is 15.1. The zero-order valence-corrected chi connectivity index (χ0v) is 13.6. The third kappa shape index (κ3) is 3.02. The summed E-state index contributed by atoms with van der Waals surface area (Å²) in [5.74, 6) is 0.304. The maximum atomic E-state index is 13.2. The minimum Gasteiger partial charge on any atom is -0.486 e. The van der Waals surface area contributed by atoms with Gasteiger partial charge in [0.15, 0.2) is 11.5 Å². The van der Waals surface area contributed by atoms with Crippen LogP contribution in [0, 0.1) is 5.82 Å². The highest BCUT2D eigenvalue weighted by molar-refractivity contribution is 9.10. The van der Waals surface area contributed by atoms with E-state index in [0.717, 1.165) is 6.07 Å². The maximum absolute atomic E-state index is 13.2. The Morgan fingerprint density at radius 2 is 1.77 bits per heavy atom. The quantitative estimate of drug-likeness (QED) is 0.878. The second-order valence-corrected chi connectivity index (χ2v) is 7.05. The van der Waals surface area contributed by atoms with Crippen molar-refractivity contribution in [3.63, 3.8) is 0 Å². The van der Waals surface area contributed by atoms with Gasteiger partial charge in [-0.3, -0.25) is 4.72 Å². The van der Waals surface area contributed by atoms with Gasteiger partial charge < -0.3 is 9.47 Å². The number of halogens is 2. The predicted molar refractivity (Wildman–Crippen MR) is 82.3 cm³/mol. The fraction of sp³-hybridized carbons (Fsp3) is 0.143. The van der Waals surface area contributed by atoms with Crippen LogP contribution in [0.3, 0.4) is 0 Å². The van der Waals surface area contributed by atoms with Gasteiger partial charge in [0, 0.05) is 10.5 Å². The molecule has 0 bridgehead atoms. The van der Waals surface area contributed by atoms with Gasteiger partial charge in [0.1, 0.15) is 23.9 Å². The van der Waals surface area contributed by atoms with E-state index >= 15 is 0 Å². The number of fused-ring (bicyclic) bond motifs is 1. The van der Waals surface area contributed by atoms with Crippen molar-refractivity contribution in [2.45, 2.75) is 4.90 Å². The van der Waals surface area contributed by atoms with E-state index in [-0.39, 0.29) is 10.6 Å². The number of hydrogen-bond donors (Lipinski definition) is 1. The van der Waals surface area contributed by atoms with Crippen LogP contribution < -0.4 is 14.2 Å². The van der Waals surface area contributed by atoms with E-state index in [1.165, 1.54) is 30.3 Å². The minimum atomic E-state index is -3.89. The van der Waals surface area contributed by atoms with Gasteiger partial charge in [-0.05, 0) is 40.2 Å². The molecule has 0 atom stereocenters. The van der Waals surface area contributed by atoms with E-state index in [4.69, 9.17) is 9.47 Å². The Kier molecular flexibility index (Phi) is 3.96. The molecule has 0 saturated carbocycles. The summed E-state index contributed by atoms with van der Waals surface area (Å²) < 4.78 is 51.5. The first-order chi connectivity index (χ1) is 10.5. The van der Waals surface area contributed by atoms with Gasteiger partial charge in [0.05, 0.1) is 5.69 Å². The summed E-state index contributed by atoms with van der Waals surface area (Å²) in [6, 6.07) is 8.13. The molecule has 1 aliphatic heterocycles. The molecule has 2 aromatic carbocycles. The lowest BCUT2D eigenvalue weighted by atomic mass is 10.3. The van der Waals surface area contributed by atoms with Crippen molar-refractivity contribution in [3.8, 4) is 11.5 Å². The van der Waals surface area contributed by atoms with Crippen molar-refractivity contribution in [1.29, 1.82) is 0 Å². The van der Waals surface area contributed by atoms with Gasteiger partial charge in [-0.1, -0.05) is 6.07 Å². The van der Waals surface area contributed by atoms with Gasteiger partial charge in [0.2, 0.25) is 0 Å². The molecule has 0 saturated heterocycles. The van der Waals surface area contributed by atoms with E-state index in [2.05, 4.69) is 20.7 Å². The zero-order valence-electron chi connectivity index (χ0n) is 11.2. The largest absolute Gasteiger partial charge is 0.486 e. The van der Waals surface area contributed by atoms with Crippen molar-refractivity contribution in [2.24, 2.45) is 0 Å². The molecule has 5 nitrogen and oxygen atoms in total. The number of nitrogens with one attached hydrogen (secondary N) is 1. The molecule has 8 heteroatoms. The number of hydrogen-bond acceptors (Lipinski definition) is 4. The molecule has 0 aliphatic carbocycles. The summed E-state index contributed by atoms with van der Waals surface area (Å²) in [5.41, 5.74) is 0.141. The minimum absolute atomic E-state index is 0.0130. The topological polar surface area (TPSA) is 64.6 Å². The third-order valence-corrected chi connectivity index (χ3v) is 5.30. The Morgan fingerprint density at radius 1 is 1.09 bits per heavy atom. The highest BCUT2D eigenvalue weighted by Crippen LogP contribution is 2.37. The van der Waals surface area contributed by atoms with Crippen LogP contribution in [-0.4, -0.2) is 21.6 Å². The Bertz CT molecular complexity index is 826. The molecule has 0 unspecified atom stereocenters. The molecule has 22 heavy (non-hydrogen) atoms. The van der Waals surface area contributed by atoms with Gasteiger partial charge in [0.25, 0.3) is 10.0 Å². The fourth-order valence-corrected chi connectivity index (χ4v) is 4.10. The van der Waals surface area contributed by atoms with Crippen molar-refractivity contribution in [3.05, 3.63) is 46.7 Å². The van der Waals surface area contributed by atoms with Crippen LogP contribution in [0.15, 0.2) is 45.8 Å². The molecule has 0 fully saturated rings. The van der Waals surface area contributed by atoms with Gasteiger partial charge in [-0.15, -0.1) is 0 Å². The van der Waals surface area contributed by atoms with Gasteiger partial charge in [-0.25, -0.2) is 12.8 Å². The van der Waals surface area contributed by atoms with E-state index < -0.39 is 15.8 Å². The predicted octanol–water partition coefficient (Wildman–Crippen LogP) is 3.16. The maximum Gasteiger partial charge on any atom is 0.263 e. The molecule has 1 aliphatic rings. The van der Waals surface area contributed by atoms with Crippen LogP contribution >= 0.6 is 15.9 Å². The average Bonchev–Trinajstić information content (AvgIpc) is 2.46. The Labute approximate surface area is 135 Å². The van der Waals surface area contributed by atoms with Crippen molar-refractivity contribution in [1.82, 2.24) is 0 Å². The summed E-state index contributed by atoms with van der Waals surface area (Å²) in [6.45, 7) is 0.762. The summed E-state index contributed by atoms with van der Waals surface area (Å²) >= 11 is 3.21. The average molecular weight is 388 g/mol. The molecular weight excluding hydrogens is 377 g/mol. The van der Waals surface area contributed by atoms with Crippen LogP contribution in [0.5, 0.6) is 11.5 Å². The van der Waals surface area contributed by atoms with Gasteiger partial charge in [-0.2, -0.15) is 0 Å². The summed E-state index contributed by atoms with van der Waals surface area (Å²) in [6.07, 6.45) is 0. The first-order valence-corrected chi connectivity index (χ1v) is 8.61. The van der Waals surface area contributed by atoms with Crippen LogP contribution in [0.4, 0.5) is 10.1 Å². The normalized spacial score (nSPS) is 13.7. The van der Waals surface area contributed by atoms with E-state index in [0.29, 0.717) is 29.2 Å². The van der Waals surface area contributed by atoms with E-state index in [9.17, 15) is 12.8 Å². The Morgan fingerprint density at radius 3 is 2.45 bits per heavy atom. The monoisotopic (exact) mass is 387 g/mol. The van der Waals surface area contributed by atoms with Gasteiger partial charge >= 0.3 is 0 Å². The smallest absolute Gasteiger partial charge is 0.263 e. The molecule has 0 aromatic heterocycles.